The maximum atomic E-state index is 13.6. The van der Waals surface area contributed by atoms with Crippen LogP contribution in [0.4, 0.5) is 9.52 Å². The number of amides is 1. The Morgan fingerprint density at radius 1 is 1.52 bits per heavy atom. The fourth-order valence-electron chi connectivity index (χ4n) is 2.48. The maximum absolute atomic E-state index is 13.6. The summed E-state index contributed by atoms with van der Waals surface area (Å²) in [5.74, 6) is -0.143. The van der Waals surface area contributed by atoms with Crippen LogP contribution in [-0.4, -0.2) is 24.0 Å². The quantitative estimate of drug-likeness (QED) is 0.885. The molecule has 0 radical (unpaired) electrons. The van der Waals surface area contributed by atoms with E-state index in [0.717, 1.165) is 30.0 Å². The van der Waals surface area contributed by atoms with Gasteiger partial charge < -0.3 is 10.6 Å². The highest BCUT2D eigenvalue weighted by Gasteiger charge is 2.23. The fraction of sp³-hybridized carbons (Fsp3) is 0.375. The second kappa shape index (κ2) is 7.86. The fourth-order valence-corrected chi connectivity index (χ4v) is 3.33. The number of anilines is 1. The number of rotatable bonds is 4. The van der Waals surface area contributed by atoms with E-state index >= 15 is 0 Å². The maximum Gasteiger partial charge on any atom is 0.230 e. The number of carbonyl (C=O) groups is 1. The molecule has 1 atom stereocenters. The summed E-state index contributed by atoms with van der Waals surface area (Å²) >= 11 is 1.44. The van der Waals surface area contributed by atoms with E-state index < -0.39 is 0 Å². The molecule has 23 heavy (non-hydrogen) atoms. The van der Waals surface area contributed by atoms with Crippen LogP contribution in [0.15, 0.2) is 24.4 Å². The Labute approximate surface area is 144 Å². The van der Waals surface area contributed by atoms with E-state index in [1.807, 2.05) is 6.07 Å². The molecule has 1 aromatic carbocycles. The molecule has 4 nitrogen and oxygen atoms in total. The lowest BCUT2D eigenvalue weighted by Crippen LogP contribution is -2.24. The lowest BCUT2D eigenvalue weighted by Gasteiger charge is -2.06. The van der Waals surface area contributed by atoms with Crippen molar-refractivity contribution >= 4 is 34.8 Å². The monoisotopic (exact) mass is 355 g/mol. The highest BCUT2D eigenvalue weighted by atomic mass is 35.5. The molecule has 0 bridgehead atoms. The van der Waals surface area contributed by atoms with Crippen molar-refractivity contribution in [2.75, 3.05) is 18.4 Å². The van der Waals surface area contributed by atoms with Gasteiger partial charge in [0.15, 0.2) is 5.13 Å². The van der Waals surface area contributed by atoms with Crippen LogP contribution >= 0.6 is 23.7 Å². The summed E-state index contributed by atoms with van der Waals surface area (Å²) in [6.45, 7) is 3.37. The summed E-state index contributed by atoms with van der Waals surface area (Å²) < 4.78 is 13.6. The lowest BCUT2D eigenvalue weighted by molar-refractivity contribution is -0.119. The Balaban J connectivity index is 0.00000192. The van der Waals surface area contributed by atoms with Crippen molar-refractivity contribution in [3.05, 3.63) is 46.2 Å². The van der Waals surface area contributed by atoms with Gasteiger partial charge in [0.1, 0.15) is 5.82 Å². The van der Waals surface area contributed by atoms with Crippen molar-refractivity contribution in [3.63, 3.8) is 0 Å². The minimum atomic E-state index is -0.190. The van der Waals surface area contributed by atoms with Gasteiger partial charge in [-0.15, -0.1) is 23.7 Å². The van der Waals surface area contributed by atoms with Crippen molar-refractivity contribution in [3.8, 4) is 0 Å². The third-order valence-corrected chi connectivity index (χ3v) is 4.74. The smallest absolute Gasteiger partial charge is 0.230 e. The first-order chi connectivity index (χ1) is 10.6. The molecule has 1 fully saturated rings. The van der Waals surface area contributed by atoms with Crippen molar-refractivity contribution < 1.29 is 9.18 Å². The van der Waals surface area contributed by atoms with Gasteiger partial charge in [-0.2, -0.15) is 0 Å². The van der Waals surface area contributed by atoms with Gasteiger partial charge in [0.05, 0.1) is 5.92 Å². The second-order valence-corrected chi connectivity index (χ2v) is 6.69. The van der Waals surface area contributed by atoms with Crippen LogP contribution in [0.1, 0.15) is 22.4 Å². The summed E-state index contributed by atoms with van der Waals surface area (Å²) in [5, 5.41) is 6.65. The Morgan fingerprint density at radius 3 is 3.04 bits per heavy atom. The van der Waals surface area contributed by atoms with Crippen molar-refractivity contribution in [2.24, 2.45) is 5.92 Å². The molecule has 1 aromatic heterocycles. The van der Waals surface area contributed by atoms with Crippen LogP contribution < -0.4 is 10.6 Å². The van der Waals surface area contributed by atoms with Gasteiger partial charge in [-0.1, -0.05) is 12.1 Å². The average molecular weight is 356 g/mol. The molecule has 2 aromatic rings. The number of carbonyl (C=O) groups excluding carboxylic acids is 1. The number of halogens is 2. The molecular formula is C16H19ClFN3OS. The molecule has 7 heteroatoms. The van der Waals surface area contributed by atoms with Crippen molar-refractivity contribution in [1.82, 2.24) is 10.3 Å². The van der Waals surface area contributed by atoms with Crippen LogP contribution in [0.5, 0.6) is 0 Å². The van der Waals surface area contributed by atoms with Crippen molar-refractivity contribution in [2.45, 2.75) is 19.8 Å². The van der Waals surface area contributed by atoms with E-state index in [0.29, 0.717) is 17.1 Å². The van der Waals surface area contributed by atoms with E-state index in [1.165, 1.54) is 11.3 Å². The van der Waals surface area contributed by atoms with Crippen LogP contribution in [0, 0.1) is 18.7 Å². The molecule has 1 aliphatic heterocycles. The zero-order chi connectivity index (χ0) is 15.5. The first-order valence-electron chi connectivity index (χ1n) is 7.33. The first-order valence-corrected chi connectivity index (χ1v) is 8.15. The predicted octanol–water partition coefficient (Wildman–Crippen LogP) is 3.15. The van der Waals surface area contributed by atoms with Crippen LogP contribution in [0.3, 0.4) is 0 Å². The molecule has 0 saturated carbocycles. The standard InChI is InChI=1S/C16H18FN3OS.ClH/c1-10-2-3-11(7-14(10)17)6-13-9-19-16(22-13)20-15(21)12-4-5-18-8-12;/h2-3,7,9,12,18H,4-6,8H2,1H3,(H,19,20,21);1H. The molecule has 0 spiro atoms. The Kier molecular flexibility index (Phi) is 6.10. The number of aromatic nitrogens is 1. The molecule has 1 amide bonds. The highest BCUT2D eigenvalue weighted by molar-refractivity contribution is 7.15. The second-order valence-electron chi connectivity index (χ2n) is 5.57. The molecular weight excluding hydrogens is 337 g/mol. The topological polar surface area (TPSA) is 54.0 Å². The molecule has 2 N–H and O–H groups in total. The van der Waals surface area contributed by atoms with Crippen LogP contribution in [0.25, 0.3) is 0 Å². The minimum absolute atomic E-state index is 0. The summed E-state index contributed by atoms with van der Waals surface area (Å²) in [4.78, 5) is 17.3. The number of nitrogens with one attached hydrogen (secondary N) is 2. The van der Waals surface area contributed by atoms with Gasteiger partial charge >= 0.3 is 0 Å². The molecule has 1 saturated heterocycles. The van der Waals surface area contributed by atoms with Gasteiger partial charge in [0.2, 0.25) is 5.91 Å². The van der Waals surface area contributed by atoms with Crippen LogP contribution in [-0.2, 0) is 11.2 Å². The SMILES string of the molecule is Cc1ccc(Cc2cnc(NC(=O)C3CCNC3)s2)cc1F.Cl. The average Bonchev–Trinajstić information content (AvgIpc) is 3.15. The van der Waals surface area contributed by atoms with Gasteiger partial charge in [0, 0.05) is 24.0 Å². The zero-order valence-corrected chi connectivity index (χ0v) is 14.4. The third-order valence-electron chi connectivity index (χ3n) is 3.83. The highest BCUT2D eigenvalue weighted by Crippen LogP contribution is 2.23. The molecule has 1 aliphatic rings. The van der Waals surface area contributed by atoms with E-state index in [9.17, 15) is 9.18 Å². The summed E-state index contributed by atoms with van der Waals surface area (Å²) in [7, 11) is 0. The molecule has 2 heterocycles. The van der Waals surface area contributed by atoms with E-state index in [-0.39, 0.29) is 30.0 Å². The normalized spacial score (nSPS) is 16.9. The first kappa shape index (κ1) is 17.8. The largest absolute Gasteiger partial charge is 0.316 e. The third kappa shape index (κ3) is 4.50. The predicted molar refractivity (Wildman–Crippen MR) is 92.9 cm³/mol. The Hall–Kier alpha value is -1.50. The zero-order valence-electron chi connectivity index (χ0n) is 12.8. The van der Waals surface area contributed by atoms with Gasteiger partial charge in [-0.3, -0.25) is 4.79 Å². The molecule has 1 unspecified atom stereocenters. The summed E-state index contributed by atoms with van der Waals surface area (Å²) in [6, 6.07) is 5.25. The van der Waals surface area contributed by atoms with Crippen molar-refractivity contribution in [1.29, 1.82) is 0 Å². The minimum Gasteiger partial charge on any atom is -0.316 e. The van der Waals surface area contributed by atoms with E-state index in [1.54, 1.807) is 25.3 Å². The summed E-state index contributed by atoms with van der Waals surface area (Å²) in [5.41, 5.74) is 1.55. The molecule has 3 rings (SSSR count). The van der Waals surface area contributed by atoms with E-state index in [4.69, 9.17) is 0 Å². The number of hydrogen-bond donors (Lipinski definition) is 2. The van der Waals surface area contributed by atoms with Crippen LogP contribution in [0.2, 0.25) is 0 Å². The lowest BCUT2D eigenvalue weighted by atomic mass is 10.1. The van der Waals surface area contributed by atoms with Gasteiger partial charge in [-0.05, 0) is 37.1 Å². The number of nitrogens with zero attached hydrogens (tertiary/aromatic N) is 1. The van der Waals surface area contributed by atoms with Gasteiger partial charge in [-0.25, -0.2) is 9.37 Å². The van der Waals surface area contributed by atoms with Gasteiger partial charge in [0.25, 0.3) is 0 Å². The molecule has 124 valence electrons. The number of thiazole rings is 1. The molecule has 0 aliphatic carbocycles. The Morgan fingerprint density at radius 2 is 2.35 bits per heavy atom. The number of benzene rings is 1. The number of hydrogen-bond acceptors (Lipinski definition) is 4. The van der Waals surface area contributed by atoms with E-state index in [2.05, 4.69) is 15.6 Å². The number of aryl methyl sites for hydroxylation is 1. The summed E-state index contributed by atoms with van der Waals surface area (Å²) in [6.07, 6.45) is 3.23. The Bertz CT molecular complexity index is 686.